The van der Waals surface area contributed by atoms with Crippen molar-refractivity contribution in [3.8, 4) is 0 Å². The second kappa shape index (κ2) is 6.56. The van der Waals surface area contributed by atoms with Crippen LogP contribution in [0.25, 0.3) is 0 Å². The fourth-order valence-corrected chi connectivity index (χ4v) is 3.83. The minimum atomic E-state index is -0.548. The summed E-state index contributed by atoms with van der Waals surface area (Å²) in [6, 6.07) is 0.421. The van der Waals surface area contributed by atoms with Crippen LogP contribution in [0.2, 0.25) is 0 Å². The molecule has 1 aliphatic carbocycles. The number of aromatic nitrogens is 1. The number of carbonyl (C=O) groups excluding carboxylic acids is 2. The number of hydrogen-bond acceptors (Lipinski definition) is 6. The summed E-state index contributed by atoms with van der Waals surface area (Å²) < 4.78 is 4.72. The number of hydrogen-bond donors (Lipinski definition) is 0. The Kier molecular flexibility index (Phi) is 4.98. The standard InChI is InChI=1S/C15H22N2O3S/c1-9-6-5-7-11(8-9)17(3)15-16-12(14(19)20-4)13(21-15)10(2)18/h9,11H,5-8H2,1-4H3. The number of ketones is 1. The van der Waals surface area contributed by atoms with Crippen molar-refractivity contribution in [1.82, 2.24) is 4.98 Å². The maximum absolute atomic E-state index is 11.8. The molecule has 1 saturated carbocycles. The van der Waals surface area contributed by atoms with Gasteiger partial charge in [0.05, 0.1) is 7.11 Å². The van der Waals surface area contributed by atoms with Crippen LogP contribution in [0.3, 0.4) is 0 Å². The molecule has 2 rings (SSSR count). The highest BCUT2D eigenvalue weighted by Gasteiger charge is 2.28. The van der Waals surface area contributed by atoms with E-state index >= 15 is 0 Å². The molecule has 1 aromatic rings. The highest BCUT2D eigenvalue weighted by Crippen LogP contribution is 2.33. The first-order valence-corrected chi connectivity index (χ1v) is 8.08. The molecule has 0 N–H and O–H groups in total. The monoisotopic (exact) mass is 310 g/mol. The van der Waals surface area contributed by atoms with Crippen molar-refractivity contribution in [3.05, 3.63) is 10.6 Å². The summed E-state index contributed by atoms with van der Waals surface area (Å²) >= 11 is 1.28. The topological polar surface area (TPSA) is 59.5 Å². The minimum absolute atomic E-state index is 0.140. The lowest BCUT2D eigenvalue weighted by Gasteiger charge is -2.33. The summed E-state index contributed by atoms with van der Waals surface area (Å²) in [7, 11) is 3.30. The van der Waals surface area contributed by atoms with E-state index in [9.17, 15) is 9.59 Å². The molecule has 6 heteroatoms. The number of thiazole rings is 1. The molecule has 2 unspecified atom stereocenters. The van der Waals surface area contributed by atoms with Gasteiger partial charge in [0.1, 0.15) is 4.88 Å². The number of carbonyl (C=O) groups is 2. The van der Waals surface area contributed by atoms with Crippen molar-refractivity contribution in [2.75, 3.05) is 19.1 Å². The highest BCUT2D eigenvalue weighted by atomic mass is 32.1. The lowest BCUT2D eigenvalue weighted by molar-refractivity contribution is 0.0591. The van der Waals surface area contributed by atoms with E-state index in [0.717, 1.165) is 18.0 Å². The van der Waals surface area contributed by atoms with Gasteiger partial charge in [0.25, 0.3) is 0 Å². The maximum Gasteiger partial charge on any atom is 0.358 e. The molecule has 0 radical (unpaired) electrons. The Balaban J connectivity index is 2.27. The number of anilines is 1. The molecule has 0 spiro atoms. The van der Waals surface area contributed by atoms with Gasteiger partial charge in [-0.05, 0) is 18.8 Å². The van der Waals surface area contributed by atoms with Gasteiger partial charge in [0.2, 0.25) is 0 Å². The van der Waals surface area contributed by atoms with Gasteiger partial charge in [-0.15, -0.1) is 0 Å². The average molecular weight is 310 g/mol. The fourth-order valence-electron chi connectivity index (χ4n) is 2.84. The van der Waals surface area contributed by atoms with E-state index in [1.54, 1.807) is 0 Å². The minimum Gasteiger partial charge on any atom is -0.464 e. The van der Waals surface area contributed by atoms with Crippen molar-refractivity contribution in [2.24, 2.45) is 5.92 Å². The zero-order valence-electron chi connectivity index (χ0n) is 13.0. The summed E-state index contributed by atoms with van der Waals surface area (Å²) in [6.07, 6.45) is 4.74. The van der Waals surface area contributed by atoms with Crippen molar-refractivity contribution < 1.29 is 14.3 Å². The normalized spacial score (nSPS) is 21.9. The molecule has 1 aliphatic rings. The van der Waals surface area contributed by atoms with Crippen LogP contribution in [0, 0.1) is 5.92 Å². The van der Waals surface area contributed by atoms with Crippen LogP contribution in [0.5, 0.6) is 0 Å². The second-order valence-electron chi connectivity index (χ2n) is 5.76. The first-order chi connectivity index (χ1) is 9.93. The Bertz CT molecular complexity index is 541. The van der Waals surface area contributed by atoms with Crippen molar-refractivity contribution in [3.63, 3.8) is 0 Å². The number of rotatable bonds is 4. The summed E-state index contributed by atoms with van der Waals surface area (Å²) in [5.74, 6) is 0.0104. The second-order valence-corrected chi connectivity index (χ2v) is 6.74. The predicted octanol–water partition coefficient (Wildman–Crippen LogP) is 3.15. The van der Waals surface area contributed by atoms with Crippen LogP contribution in [0.15, 0.2) is 0 Å². The lowest BCUT2D eigenvalue weighted by Crippen LogP contribution is -2.35. The maximum atomic E-state index is 11.8. The third kappa shape index (κ3) is 3.43. The molecule has 0 aliphatic heterocycles. The van der Waals surface area contributed by atoms with Gasteiger partial charge in [-0.3, -0.25) is 4.79 Å². The molecule has 0 saturated heterocycles. The third-order valence-corrected chi connectivity index (χ3v) is 5.32. The van der Waals surface area contributed by atoms with Crippen LogP contribution in [-0.4, -0.2) is 36.9 Å². The average Bonchev–Trinajstić information content (AvgIpc) is 2.91. The zero-order valence-corrected chi connectivity index (χ0v) is 13.8. The zero-order chi connectivity index (χ0) is 15.6. The summed E-state index contributed by atoms with van der Waals surface area (Å²) in [5.41, 5.74) is 0.140. The van der Waals surface area contributed by atoms with E-state index in [1.807, 2.05) is 7.05 Å². The Morgan fingerprint density at radius 1 is 1.38 bits per heavy atom. The number of methoxy groups -OCH3 is 1. The van der Waals surface area contributed by atoms with E-state index in [-0.39, 0.29) is 11.5 Å². The van der Waals surface area contributed by atoms with Crippen LogP contribution in [0.1, 0.15) is 59.7 Å². The van der Waals surface area contributed by atoms with Crippen LogP contribution < -0.4 is 4.90 Å². The van der Waals surface area contributed by atoms with Gasteiger partial charge in [-0.1, -0.05) is 31.1 Å². The van der Waals surface area contributed by atoms with E-state index in [1.165, 1.54) is 38.2 Å². The fraction of sp³-hybridized carbons (Fsp3) is 0.667. The molecule has 0 amide bonds. The summed E-state index contributed by atoms with van der Waals surface area (Å²) in [5, 5.41) is 0.722. The molecule has 1 aromatic heterocycles. The third-order valence-electron chi connectivity index (χ3n) is 4.07. The van der Waals surface area contributed by atoms with E-state index < -0.39 is 5.97 Å². The smallest absolute Gasteiger partial charge is 0.358 e. The molecule has 1 heterocycles. The Morgan fingerprint density at radius 3 is 2.67 bits per heavy atom. The van der Waals surface area contributed by atoms with Gasteiger partial charge in [-0.2, -0.15) is 0 Å². The van der Waals surface area contributed by atoms with Crippen LogP contribution in [-0.2, 0) is 4.74 Å². The Morgan fingerprint density at radius 2 is 2.10 bits per heavy atom. The molecule has 0 bridgehead atoms. The first-order valence-electron chi connectivity index (χ1n) is 7.27. The van der Waals surface area contributed by atoms with Crippen molar-refractivity contribution in [2.45, 2.75) is 45.6 Å². The quantitative estimate of drug-likeness (QED) is 0.631. The van der Waals surface area contributed by atoms with Gasteiger partial charge < -0.3 is 9.64 Å². The summed E-state index contributed by atoms with van der Waals surface area (Å²) in [4.78, 5) is 30.3. The number of esters is 1. The van der Waals surface area contributed by atoms with Gasteiger partial charge >= 0.3 is 5.97 Å². The molecular weight excluding hydrogens is 288 g/mol. The van der Waals surface area contributed by atoms with E-state index in [2.05, 4.69) is 16.8 Å². The van der Waals surface area contributed by atoms with E-state index in [0.29, 0.717) is 16.8 Å². The number of Topliss-reactive ketones (excluding diaryl/α,β-unsaturated/α-hetero) is 1. The van der Waals surface area contributed by atoms with Crippen LogP contribution in [0.4, 0.5) is 5.13 Å². The van der Waals surface area contributed by atoms with Gasteiger partial charge in [-0.25, -0.2) is 9.78 Å². The molecule has 5 nitrogen and oxygen atoms in total. The molecule has 1 fully saturated rings. The predicted molar refractivity (Wildman–Crippen MR) is 83.3 cm³/mol. The lowest BCUT2D eigenvalue weighted by atomic mass is 9.86. The first kappa shape index (κ1) is 15.9. The molecule has 0 aromatic carbocycles. The van der Waals surface area contributed by atoms with Crippen LogP contribution >= 0.6 is 11.3 Å². The van der Waals surface area contributed by atoms with Gasteiger partial charge in [0, 0.05) is 20.0 Å². The molecule has 21 heavy (non-hydrogen) atoms. The van der Waals surface area contributed by atoms with Crippen molar-refractivity contribution >= 4 is 28.2 Å². The molecular formula is C15H22N2O3S. The van der Waals surface area contributed by atoms with E-state index in [4.69, 9.17) is 4.74 Å². The largest absolute Gasteiger partial charge is 0.464 e. The Labute approximate surface area is 129 Å². The van der Waals surface area contributed by atoms with Crippen molar-refractivity contribution in [1.29, 1.82) is 0 Å². The molecule has 116 valence electrons. The summed E-state index contributed by atoms with van der Waals surface area (Å²) in [6.45, 7) is 3.72. The SMILES string of the molecule is COC(=O)c1nc(N(C)C2CCCC(C)C2)sc1C(C)=O. The number of nitrogens with zero attached hydrogens (tertiary/aromatic N) is 2. The highest BCUT2D eigenvalue weighted by molar-refractivity contribution is 7.17. The van der Waals surface area contributed by atoms with Gasteiger partial charge in [0.15, 0.2) is 16.6 Å². The Hall–Kier alpha value is -1.43. The molecule has 2 atom stereocenters. The number of ether oxygens (including phenoxy) is 1.